The molecule has 0 aliphatic carbocycles. The maximum Gasteiger partial charge on any atom is 0.265 e. The number of ether oxygens (including phenoxy) is 1. The van der Waals surface area contributed by atoms with E-state index in [1.807, 2.05) is 24.3 Å². The van der Waals surface area contributed by atoms with E-state index in [9.17, 15) is 9.18 Å². The number of halogens is 1. The van der Waals surface area contributed by atoms with Crippen LogP contribution >= 0.6 is 0 Å². The zero-order chi connectivity index (χ0) is 13.9. The molecule has 2 aromatic rings. The molecule has 1 aromatic carbocycles. The van der Waals surface area contributed by atoms with Crippen molar-refractivity contribution in [3.8, 4) is 5.75 Å². The van der Waals surface area contributed by atoms with Gasteiger partial charge in [-0.3, -0.25) is 4.79 Å². The number of aromatic nitrogens is 1. The topological polar surface area (TPSA) is 51.2 Å². The molecule has 102 valence electrons. The fourth-order valence-electron chi connectivity index (χ4n) is 2.20. The van der Waals surface area contributed by atoms with Crippen LogP contribution in [0.15, 0.2) is 42.6 Å². The van der Waals surface area contributed by atoms with Crippen molar-refractivity contribution in [3.63, 3.8) is 0 Å². The van der Waals surface area contributed by atoms with E-state index in [4.69, 9.17) is 4.74 Å². The second-order valence-corrected chi connectivity index (χ2v) is 4.61. The minimum Gasteiger partial charge on any atom is -0.479 e. The first kappa shape index (κ1) is 12.6. The van der Waals surface area contributed by atoms with Gasteiger partial charge in [0, 0.05) is 5.69 Å². The first-order valence-corrected chi connectivity index (χ1v) is 6.39. The van der Waals surface area contributed by atoms with Crippen LogP contribution in [0.3, 0.4) is 0 Å². The van der Waals surface area contributed by atoms with E-state index in [-0.39, 0.29) is 5.91 Å². The maximum absolute atomic E-state index is 12.7. The molecule has 0 saturated carbocycles. The molecule has 1 aliphatic heterocycles. The van der Waals surface area contributed by atoms with Gasteiger partial charge in [0.15, 0.2) is 6.10 Å². The van der Waals surface area contributed by atoms with Gasteiger partial charge in [0.25, 0.3) is 5.91 Å². The number of pyridine rings is 1. The highest BCUT2D eigenvalue weighted by Crippen LogP contribution is 2.23. The van der Waals surface area contributed by atoms with E-state index in [1.54, 1.807) is 0 Å². The molecular formula is C15H13FN2O2. The number of carbonyl (C=O) groups excluding carboxylic acids is 1. The lowest BCUT2D eigenvalue weighted by Crippen LogP contribution is -2.31. The summed E-state index contributed by atoms with van der Waals surface area (Å²) in [5.41, 5.74) is 1.91. The Morgan fingerprint density at radius 1 is 1.25 bits per heavy atom. The van der Waals surface area contributed by atoms with E-state index < -0.39 is 12.1 Å². The van der Waals surface area contributed by atoms with Crippen molar-refractivity contribution >= 4 is 11.6 Å². The van der Waals surface area contributed by atoms with Gasteiger partial charge in [-0.15, -0.1) is 0 Å². The minimum absolute atomic E-state index is 0.195. The van der Waals surface area contributed by atoms with Crippen LogP contribution in [0, 0.1) is 5.95 Å². The highest BCUT2D eigenvalue weighted by atomic mass is 19.1. The Bertz CT molecular complexity index is 628. The van der Waals surface area contributed by atoms with Gasteiger partial charge in [-0.25, -0.2) is 4.98 Å². The second kappa shape index (κ2) is 5.28. The molecule has 1 aliphatic rings. The Balaban J connectivity index is 1.76. The Morgan fingerprint density at radius 2 is 2.10 bits per heavy atom. The van der Waals surface area contributed by atoms with Crippen LogP contribution in [0.4, 0.5) is 10.1 Å². The molecule has 2 heterocycles. The summed E-state index contributed by atoms with van der Waals surface area (Å²) in [6.07, 6.45) is 1.99. The lowest BCUT2D eigenvalue weighted by Gasteiger charge is -2.15. The van der Waals surface area contributed by atoms with Crippen LogP contribution in [0.1, 0.15) is 12.0 Å². The third-order valence-corrected chi connectivity index (χ3v) is 3.22. The lowest BCUT2D eigenvalue weighted by molar-refractivity contribution is -0.122. The summed E-state index contributed by atoms with van der Waals surface area (Å²) in [6, 6.07) is 10.3. The molecule has 1 atom stereocenters. The van der Waals surface area contributed by atoms with Gasteiger partial charge in [0.1, 0.15) is 5.75 Å². The standard InChI is InChI=1S/C15H13FN2O2/c16-14-8-6-11(9-17-14)20-13-7-5-10-3-1-2-4-12(10)18-15(13)19/h1-4,6,8-9,13H,5,7H2,(H,18,19). The normalized spacial score (nSPS) is 17.9. The van der Waals surface area contributed by atoms with Gasteiger partial charge in [-0.2, -0.15) is 4.39 Å². The van der Waals surface area contributed by atoms with Gasteiger partial charge in [0.05, 0.1) is 6.20 Å². The Kier molecular flexibility index (Phi) is 3.33. The predicted octanol–water partition coefficient (Wildman–Crippen LogP) is 2.55. The average molecular weight is 272 g/mol. The second-order valence-electron chi connectivity index (χ2n) is 4.61. The highest BCUT2D eigenvalue weighted by Gasteiger charge is 2.25. The molecule has 20 heavy (non-hydrogen) atoms. The van der Waals surface area contributed by atoms with E-state index in [0.717, 1.165) is 17.7 Å². The lowest BCUT2D eigenvalue weighted by atomic mass is 10.1. The number of nitrogens with one attached hydrogen (secondary N) is 1. The van der Waals surface area contributed by atoms with Gasteiger partial charge in [-0.05, 0) is 36.6 Å². The third kappa shape index (κ3) is 2.61. The molecule has 1 aromatic heterocycles. The molecule has 3 rings (SSSR count). The summed E-state index contributed by atoms with van der Waals surface area (Å²) < 4.78 is 18.3. The van der Waals surface area contributed by atoms with Crippen molar-refractivity contribution in [1.29, 1.82) is 0 Å². The molecule has 0 bridgehead atoms. The smallest absolute Gasteiger partial charge is 0.265 e. The SMILES string of the molecule is O=C1Nc2ccccc2CCC1Oc1ccc(F)nc1. The molecule has 1 N–H and O–H groups in total. The van der Waals surface area contributed by atoms with Crippen LogP contribution in [0.5, 0.6) is 5.75 Å². The molecule has 0 saturated heterocycles. The number of hydrogen-bond donors (Lipinski definition) is 1. The van der Waals surface area contributed by atoms with E-state index >= 15 is 0 Å². The number of nitrogens with zero attached hydrogens (tertiary/aromatic N) is 1. The highest BCUT2D eigenvalue weighted by molar-refractivity contribution is 5.95. The van der Waals surface area contributed by atoms with Crippen molar-refractivity contribution in [1.82, 2.24) is 4.98 Å². The molecule has 5 heteroatoms. The predicted molar refractivity (Wildman–Crippen MR) is 72.0 cm³/mol. The van der Waals surface area contributed by atoms with Crippen LogP contribution < -0.4 is 10.1 Å². The third-order valence-electron chi connectivity index (χ3n) is 3.22. The Morgan fingerprint density at radius 3 is 2.90 bits per heavy atom. The first-order valence-electron chi connectivity index (χ1n) is 6.39. The molecule has 1 amide bonds. The summed E-state index contributed by atoms with van der Waals surface area (Å²) in [6.45, 7) is 0. The Hall–Kier alpha value is -2.43. The quantitative estimate of drug-likeness (QED) is 0.855. The van der Waals surface area contributed by atoms with Gasteiger partial charge in [0.2, 0.25) is 5.95 Å². The monoisotopic (exact) mass is 272 g/mol. The summed E-state index contributed by atoms with van der Waals surface area (Å²) in [5, 5.41) is 2.85. The number of rotatable bonds is 2. The number of amides is 1. The summed E-state index contributed by atoms with van der Waals surface area (Å²) in [4.78, 5) is 15.6. The van der Waals surface area contributed by atoms with Crippen molar-refractivity contribution in [2.75, 3.05) is 5.32 Å². The molecular weight excluding hydrogens is 259 g/mol. The number of aryl methyl sites for hydroxylation is 1. The average Bonchev–Trinajstić information content (AvgIpc) is 2.61. The zero-order valence-corrected chi connectivity index (χ0v) is 10.7. The van der Waals surface area contributed by atoms with Gasteiger partial charge in [-0.1, -0.05) is 18.2 Å². The number of hydrogen-bond acceptors (Lipinski definition) is 3. The fourth-order valence-corrected chi connectivity index (χ4v) is 2.20. The van der Waals surface area contributed by atoms with Crippen LogP contribution in [-0.4, -0.2) is 17.0 Å². The van der Waals surface area contributed by atoms with Crippen molar-refractivity contribution in [2.24, 2.45) is 0 Å². The molecule has 1 unspecified atom stereocenters. The van der Waals surface area contributed by atoms with E-state index in [0.29, 0.717) is 12.2 Å². The van der Waals surface area contributed by atoms with Gasteiger partial charge >= 0.3 is 0 Å². The van der Waals surface area contributed by atoms with E-state index in [2.05, 4.69) is 10.3 Å². The Labute approximate surface area is 115 Å². The van der Waals surface area contributed by atoms with Crippen molar-refractivity contribution in [3.05, 3.63) is 54.1 Å². The summed E-state index contributed by atoms with van der Waals surface area (Å²) >= 11 is 0. The number of anilines is 1. The molecule has 0 spiro atoms. The molecule has 0 radical (unpaired) electrons. The fraction of sp³-hybridized carbons (Fsp3) is 0.200. The molecule has 4 nitrogen and oxygen atoms in total. The number of carbonyl (C=O) groups is 1. The van der Waals surface area contributed by atoms with E-state index in [1.165, 1.54) is 18.3 Å². The summed E-state index contributed by atoms with van der Waals surface area (Å²) in [7, 11) is 0. The largest absolute Gasteiger partial charge is 0.479 e. The van der Waals surface area contributed by atoms with Gasteiger partial charge < -0.3 is 10.1 Å². The molecule has 0 fully saturated rings. The van der Waals surface area contributed by atoms with Crippen LogP contribution in [0.25, 0.3) is 0 Å². The van der Waals surface area contributed by atoms with Crippen LogP contribution in [-0.2, 0) is 11.2 Å². The zero-order valence-electron chi connectivity index (χ0n) is 10.7. The van der Waals surface area contributed by atoms with Crippen molar-refractivity contribution < 1.29 is 13.9 Å². The minimum atomic E-state index is -0.602. The van der Waals surface area contributed by atoms with Crippen LogP contribution in [0.2, 0.25) is 0 Å². The number of benzene rings is 1. The maximum atomic E-state index is 12.7. The summed E-state index contributed by atoms with van der Waals surface area (Å²) in [5.74, 6) is -0.383. The first-order chi connectivity index (χ1) is 9.72. The number of para-hydroxylation sites is 1. The van der Waals surface area contributed by atoms with Crippen molar-refractivity contribution in [2.45, 2.75) is 18.9 Å². The number of fused-ring (bicyclic) bond motifs is 1.